The Morgan fingerprint density at radius 1 is 1.55 bits per heavy atom. The van der Waals surface area contributed by atoms with Gasteiger partial charge in [-0.15, -0.1) is 0 Å². The third-order valence-corrected chi connectivity index (χ3v) is 6.61. The zero-order chi connectivity index (χ0) is 14.8. The SMILES string of the molecule is O=C(O)c1cc(S(=O)(=O)NCC2CCCCS2)c(Br)o1. The quantitative estimate of drug-likeness (QED) is 0.809. The topological polar surface area (TPSA) is 96.6 Å². The first kappa shape index (κ1) is 15.9. The molecule has 2 heterocycles. The number of aromatic carboxylic acids is 1. The van der Waals surface area contributed by atoms with Gasteiger partial charge in [-0.3, -0.25) is 0 Å². The molecule has 1 aromatic rings. The van der Waals surface area contributed by atoms with Crippen molar-refractivity contribution in [3.63, 3.8) is 0 Å². The molecule has 112 valence electrons. The Balaban J connectivity index is 2.07. The monoisotopic (exact) mass is 383 g/mol. The Morgan fingerprint density at radius 2 is 2.30 bits per heavy atom. The van der Waals surface area contributed by atoms with E-state index < -0.39 is 21.8 Å². The van der Waals surface area contributed by atoms with Crippen LogP contribution in [0.4, 0.5) is 0 Å². The zero-order valence-electron chi connectivity index (χ0n) is 10.5. The normalized spacial score (nSPS) is 19.9. The molecule has 1 aliphatic rings. The van der Waals surface area contributed by atoms with Crippen LogP contribution in [0.3, 0.4) is 0 Å². The highest BCUT2D eigenvalue weighted by Crippen LogP contribution is 2.27. The summed E-state index contributed by atoms with van der Waals surface area (Å²) in [5, 5.41) is 9.06. The molecule has 0 bridgehead atoms. The first-order valence-corrected chi connectivity index (χ1v) is 9.36. The van der Waals surface area contributed by atoms with E-state index in [9.17, 15) is 13.2 Å². The molecule has 20 heavy (non-hydrogen) atoms. The van der Waals surface area contributed by atoms with Crippen molar-refractivity contribution in [2.75, 3.05) is 12.3 Å². The predicted molar refractivity (Wildman–Crippen MR) is 78.7 cm³/mol. The Hall–Kier alpha value is -0.510. The fraction of sp³-hybridized carbons (Fsp3) is 0.545. The molecule has 6 nitrogen and oxygen atoms in total. The lowest BCUT2D eigenvalue weighted by Gasteiger charge is -2.21. The number of nitrogens with one attached hydrogen (secondary N) is 1. The summed E-state index contributed by atoms with van der Waals surface area (Å²) in [6, 6.07) is 1.00. The van der Waals surface area contributed by atoms with Crippen LogP contribution >= 0.6 is 27.7 Å². The maximum Gasteiger partial charge on any atom is 0.371 e. The van der Waals surface area contributed by atoms with Crippen LogP contribution in [0.1, 0.15) is 29.8 Å². The average molecular weight is 384 g/mol. The number of sulfonamides is 1. The van der Waals surface area contributed by atoms with Crippen molar-refractivity contribution in [2.24, 2.45) is 0 Å². The lowest BCUT2D eigenvalue weighted by molar-refractivity contribution is 0.0661. The van der Waals surface area contributed by atoms with Gasteiger partial charge in [0.2, 0.25) is 15.8 Å². The molecule has 1 saturated heterocycles. The van der Waals surface area contributed by atoms with Crippen molar-refractivity contribution in [3.8, 4) is 0 Å². The summed E-state index contributed by atoms with van der Waals surface area (Å²) in [5.74, 6) is -0.676. The molecule has 1 atom stereocenters. The molecule has 0 aliphatic carbocycles. The molecule has 0 radical (unpaired) electrons. The predicted octanol–water partition coefficient (Wildman–Crippen LogP) is 2.30. The van der Waals surface area contributed by atoms with Crippen molar-refractivity contribution < 1.29 is 22.7 Å². The van der Waals surface area contributed by atoms with E-state index in [4.69, 9.17) is 9.52 Å². The number of thioether (sulfide) groups is 1. The van der Waals surface area contributed by atoms with E-state index in [2.05, 4.69) is 20.7 Å². The number of carbonyl (C=O) groups is 1. The zero-order valence-corrected chi connectivity index (χ0v) is 13.7. The smallest absolute Gasteiger partial charge is 0.371 e. The molecule has 2 N–H and O–H groups in total. The van der Waals surface area contributed by atoms with Crippen LogP contribution in [-0.4, -0.2) is 37.0 Å². The number of carboxylic acids is 1. The Kier molecular flexibility index (Phi) is 5.16. The second-order valence-electron chi connectivity index (χ2n) is 4.39. The minimum atomic E-state index is -3.77. The average Bonchev–Trinajstić information content (AvgIpc) is 2.81. The Bertz CT molecular complexity index is 592. The number of furan rings is 1. The molecular weight excluding hydrogens is 370 g/mol. The molecular formula is C11H14BrNO5S2. The second kappa shape index (κ2) is 6.50. The van der Waals surface area contributed by atoms with Crippen molar-refractivity contribution in [3.05, 3.63) is 16.5 Å². The van der Waals surface area contributed by atoms with Crippen molar-refractivity contribution in [2.45, 2.75) is 29.4 Å². The van der Waals surface area contributed by atoms with Gasteiger partial charge in [-0.2, -0.15) is 11.8 Å². The van der Waals surface area contributed by atoms with Crippen LogP contribution in [0, 0.1) is 0 Å². The fourth-order valence-corrected chi connectivity index (χ4v) is 5.25. The molecule has 1 fully saturated rings. The summed E-state index contributed by atoms with van der Waals surface area (Å²) in [6.07, 6.45) is 3.27. The largest absolute Gasteiger partial charge is 0.475 e. The Morgan fingerprint density at radius 3 is 2.85 bits per heavy atom. The standard InChI is InChI=1S/C11H14BrNO5S2/c12-10-9(5-8(18-10)11(14)15)20(16,17)13-6-7-3-1-2-4-19-7/h5,7,13H,1-4,6H2,(H,14,15). The van der Waals surface area contributed by atoms with Crippen LogP contribution in [0.15, 0.2) is 20.0 Å². The molecule has 2 rings (SSSR count). The van der Waals surface area contributed by atoms with E-state index in [1.165, 1.54) is 6.42 Å². The lowest BCUT2D eigenvalue weighted by atomic mass is 10.2. The molecule has 1 unspecified atom stereocenters. The summed E-state index contributed by atoms with van der Waals surface area (Å²) in [4.78, 5) is 10.6. The third-order valence-electron chi connectivity index (χ3n) is 2.93. The van der Waals surface area contributed by atoms with E-state index in [1.54, 1.807) is 11.8 Å². The fourth-order valence-electron chi connectivity index (χ4n) is 1.89. The summed E-state index contributed by atoms with van der Waals surface area (Å²) in [7, 11) is -3.77. The third kappa shape index (κ3) is 3.78. The van der Waals surface area contributed by atoms with Gasteiger partial charge >= 0.3 is 5.97 Å². The minimum absolute atomic E-state index is 0.0984. The maximum atomic E-state index is 12.1. The Labute approximate surface area is 129 Å². The summed E-state index contributed by atoms with van der Waals surface area (Å²) >= 11 is 4.69. The van der Waals surface area contributed by atoms with Gasteiger partial charge in [0, 0.05) is 17.9 Å². The number of rotatable bonds is 5. The van der Waals surface area contributed by atoms with Gasteiger partial charge in [0.25, 0.3) is 0 Å². The van der Waals surface area contributed by atoms with E-state index in [0.29, 0.717) is 6.54 Å². The van der Waals surface area contributed by atoms with E-state index in [1.807, 2.05) is 0 Å². The summed E-state index contributed by atoms with van der Waals surface area (Å²) < 4.78 is 31.5. The van der Waals surface area contributed by atoms with E-state index in [-0.39, 0.29) is 14.8 Å². The van der Waals surface area contributed by atoms with Gasteiger partial charge in [-0.25, -0.2) is 17.9 Å². The van der Waals surface area contributed by atoms with Gasteiger partial charge < -0.3 is 9.52 Å². The van der Waals surface area contributed by atoms with E-state index >= 15 is 0 Å². The molecule has 1 aromatic heterocycles. The number of hydrogen-bond donors (Lipinski definition) is 2. The molecule has 9 heteroatoms. The van der Waals surface area contributed by atoms with Crippen molar-refractivity contribution in [1.29, 1.82) is 0 Å². The van der Waals surface area contributed by atoms with Crippen LogP contribution in [-0.2, 0) is 10.0 Å². The molecule has 0 aromatic carbocycles. The highest BCUT2D eigenvalue weighted by atomic mass is 79.9. The highest BCUT2D eigenvalue weighted by molar-refractivity contribution is 9.10. The van der Waals surface area contributed by atoms with Crippen LogP contribution in [0.5, 0.6) is 0 Å². The van der Waals surface area contributed by atoms with Crippen molar-refractivity contribution in [1.82, 2.24) is 4.72 Å². The van der Waals surface area contributed by atoms with Crippen LogP contribution in [0.25, 0.3) is 0 Å². The number of halogens is 1. The van der Waals surface area contributed by atoms with Crippen molar-refractivity contribution >= 4 is 43.7 Å². The van der Waals surface area contributed by atoms with E-state index in [0.717, 1.165) is 24.7 Å². The maximum absolute atomic E-state index is 12.1. The first-order valence-electron chi connectivity index (χ1n) is 6.04. The van der Waals surface area contributed by atoms with Gasteiger partial charge in [0.1, 0.15) is 4.90 Å². The van der Waals surface area contributed by atoms with Crippen LogP contribution < -0.4 is 4.72 Å². The second-order valence-corrected chi connectivity index (χ2v) is 8.26. The van der Waals surface area contributed by atoms with Gasteiger partial charge in [0.05, 0.1) is 0 Å². The van der Waals surface area contributed by atoms with Gasteiger partial charge in [0.15, 0.2) is 4.67 Å². The van der Waals surface area contributed by atoms with Gasteiger partial charge in [-0.05, 0) is 34.5 Å². The molecule has 0 saturated carbocycles. The lowest BCUT2D eigenvalue weighted by Crippen LogP contribution is -2.31. The summed E-state index contributed by atoms with van der Waals surface area (Å²) in [6.45, 7) is 0.340. The highest BCUT2D eigenvalue weighted by Gasteiger charge is 2.26. The first-order chi connectivity index (χ1) is 9.40. The number of hydrogen-bond acceptors (Lipinski definition) is 5. The minimum Gasteiger partial charge on any atom is -0.475 e. The molecule has 0 spiro atoms. The van der Waals surface area contributed by atoms with Gasteiger partial charge in [-0.1, -0.05) is 6.42 Å². The molecule has 0 amide bonds. The molecule has 1 aliphatic heterocycles. The van der Waals surface area contributed by atoms with Crippen LogP contribution in [0.2, 0.25) is 0 Å². The number of carboxylic acid groups (broad SMARTS) is 1. The summed E-state index contributed by atoms with van der Waals surface area (Å²) in [5.41, 5.74) is 0.